The van der Waals surface area contributed by atoms with Crippen LogP contribution in [0.2, 0.25) is 5.15 Å². The summed E-state index contributed by atoms with van der Waals surface area (Å²) >= 11 is 9.95. The van der Waals surface area contributed by atoms with Crippen molar-refractivity contribution in [3.63, 3.8) is 0 Å². The zero-order valence-corrected chi connectivity index (χ0v) is 16.8. The summed E-state index contributed by atoms with van der Waals surface area (Å²) in [6.07, 6.45) is 11.0. The molecule has 0 bridgehead atoms. The summed E-state index contributed by atoms with van der Waals surface area (Å²) in [6.45, 7) is 6.74. The average molecular weight is 394 g/mol. The van der Waals surface area contributed by atoms with Gasteiger partial charge in [-0.2, -0.15) is 5.10 Å². The summed E-state index contributed by atoms with van der Waals surface area (Å²) < 4.78 is 8.01. The number of aromatic nitrogens is 2. The molecule has 0 aromatic carbocycles. The summed E-state index contributed by atoms with van der Waals surface area (Å²) in [5.74, 6) is 0.635. The van der Waals surface area contributed by atoms with Gasteiger partial charge in [0.2, 0.25) is 0 Å². The number of methoxy groups -OCH3 is 1. The van der Waals surface area contributed by atoms with Crippen LogP contribution in [0, 0.1) is 0 Å². The molecule has 0 N–H and O–H groups in total. The third-order valence-electron chi connectivity index (χ3n) is 4.35. The molecule has 5 heteroatoms. The van der Waals surface area contributed by atoms with Crippen molar-refractivity contribution in [2.75, 3.05) is 7.11 Å². The monoisotopic (exact) mass is 392 g/mol. The first kappa shape index (κ1) is 19.8. The van der Waals surface area contributed by atoms with E-state index in [0.717, 1.165) is 12.8 Å². The van der Waals surface area contributed by atoms with Crippen molar-refractivity contribution >= 4 is 27.5 Å². The van der Waals surface area contributed by atoms with Crippen LogP contribution in [0.25, 0.3) is 0 Å². The van der Waals surface area contributed by atoms with E-state index in [2.05, 4.69) is 41.8 Å². The minimum Gasteiger partial charge on any atom is -0.491 e. The number of unbranched alkanes of at least 4 members (excludes halogenated alkanes) is 5. The highest BCUT2D eigenvalue weighted by molar-refractivity contribution is 9.10. The lowest BCUT2D eigenvalue weighted by Gasteiger charge is -2.31. The van der Waals surface area contributed by atoms with Gasteiger partial charge in [-0.15, -0.1) is 0 Å². The van der Waals surface area contributed by atoms with Crippen molar-refractivity contribution in [1.82, 2.24) is 9.78 Å². The average Bonchev–Trinajstić information content (AvgIpc) is 2.80. The van der Waals surface area contributed by atoms with Gasteiger partial charge in [-0.25, -0.2) is 4.68 Å². The second-order valence-electron chi connectivity index (χ2n) is 6.29. The van der Waals surface area contributed by atoms with Crippen molar-refractivity contribution < 1.29 is 4.74 Å². The first-order valence-electron chi connectivity index (χ1n) is 8.48. The van der Waals surface area contributed by atoms with Gasteiger partial charge in [-0.05, 0) is 35.7 Å². The standard InChI is InChI=1S/C17H30BrClN2O/c1-5-7-9-10-11-13-17(3,12-8-6-2)21-16(19)14(22-4)15(18)20-21/h5-13H2,1-4H3. The van der Waals surface area contributed by atoms with Crippen LogP contribution >= 0.6 is 27.5 Å². The van der Waals surface area contributed by atoms with Crippen LogP contribution in [0.1, 0.15) is 78.6 Å². The number of halogens is 2. The summed E-state index contributed by atoms with van der Waals surface area (Å²) in [6, 6.07) is 0. The van der Waals surface area contributed by atoms with E-state index in [9.17, 15) is 0 Å². The summed E-state index contributed by atoms with van der Waals surface area (Å²) in [7, 11) is 1.63. The molecular weight excluding hydrogens is 364 g/mol. The van der Waals surface area contributed by atoms with Gasteiger partial charge in [-0.3, -0.25) is 0 Å². The number of hydrogen-bond donors (Lipinski definition) is 0. The number of rotatable bonds is 11. The Bertz CT molecular complexity index is 450. The maximum atomic E-state index is 6.50. The van der Waals surface area contributed by atoms with E-state index in [-0.39, 0.29) is 5.54 Å². The second-order valence-corrected chi connectivity index (χ2v) is 7.40. The van der Waals surface area contributed by atoms with Crippen LogP contribution in [-0.4, -0.2) is 16.9 Å². The van der Waals surface area contributed by atoms with Gasteiger partial charge >= 0.3 is 0 Å². The largest absolute Gasteiger partial charge is 0.491 e. The van der Waals surface area contributed by atoms with E-state index in [0.29, 0.717) is 15.5 Å². The molecule has 0 aliphatic rings. The lowest BCUT2D eigenvalue weighted by Crippen LogP contribution is -2.31. The number of ether oxygens (including phenoxy) is 1. The Morgan fingerprint density at radius 1 is 1.09 bits per heavy atom. The molecule has 0 saturated carbocycles. The van der Waals surface area contributed by atoms with Gasteiger partial charge in [0.1, 0.15) is 0 Å². The number of hydrogen-bond acceptors (Lipinski definition) is 2. The Kier molecular flexibility index (Phi) is 8.85. The Morgan fingerprint density at radius 2 is 1.68 bits per heavy atom. The highest BCUT2D eigenvalue weighted by Crippen LogP contribution is 2.39. The van der Waals surface area contributed by atoms with Gasteiger partial charge in [0, 0.05) is 0 Å². The van der Waals surface area contributed by atoms with Crippen LogP contribution in [0.4, 0.5) is 0 Å². The van der Waals surface area contributed by atoms with Gasteiger partial charge in [0.25, 0.3) is 0 Å². The van der Waals surface area contributed by atoms with E-state index >= 15 is 0 Å². The Hall–Kier alpha value is -0.220. The molecule has 22 heavy (non-hydrogen) atoms. The fourth-order valence-corrected chi connectivity index (χ4v) is 3.92. The predicted molar refractivity (Wildman–Crippen MR) is 98.0 cm³/mol. The number of nitrogens with zero attached hydrogens (tertiary/aromatic N) is 2. The van der Waals surface area contributed by atoms with E-state index in [4.69, 9.17) is 16.3 Å². The Balaban J connectivity index is 2.86. The molecule has 1 aromatic rings. The smallest absolute Gasteiger partial charge is 0.190 e. The van der Waals surface area contributed by atoms with Gasteiger partial charge < -0.3 is 4.74 Å². The molecule has 0 saturated heterocycles. The molecule has 1 heterocycles. The van der Waals surface area contributed by atoms with Gasteiger partial charge in [0.15, 0.2) is 15.5 Å². The van der Waals surface area contributed by atoms with E-state index in [1.54, 1.807) is 7.11 Å². The Labute approximate surface area is 148 Å². The first-order chi connectivity index (χ1) is 10.5. The highest BCUT2D eigenvalue weighted by atomic mass is 79.9. The summed E-state index contributed by atoms with van der Waals surface area (Å²) in [4.78, 5) is 0. The minimum absolute atomic E-state index is 0.0430. The lowest BCUT2D eigenvalue weighted by atomic mass is 9.88. The molecule has 3 nitrogen and oxygen atoms in total. The molecule has 0 amide bonds. The van der Waals surface area contributed by atoms with Crippen LogP contribution < -0.4 is 4.74 Å². The van der Waals surface area contributed by atoms with Crippen LogP contribution in [0.3, 0.4) is 0 Å². The molecule has 128 valence electrons. The quantitative estimate of drug-likeness (QED) is 0.397. The molecule has 1 atom stereocenters. The van der Waals surface area contributed by atoms with Crippen molar-refractivity contribution in [3.05, 3.63) is 9.76 Å². The normalized spacial score (nSPS) is 14.1. The van der Waals surface area contributed by atoms with Crippen LogP contribution in [0.5, 0.6) is 5.75 Å². The topological polar surface area (TPSA) is 27.1 Å². The fraction of sp³-hybridized carbons (Fsp3) is 0.824. The minimum atomic E-state index is -0.0430. The van der Waals surface area contributed by atoms with E-state index in [1.165, 1.54) is 44.9 Å². The second kappa shape index (κ2) is 9.82. The molecule has 0 radical (unpaired) electrons. The Morgan fingerprint density at radius 3 is 2.23 bits per heavy atom. The highest BCUT2D eigenvalue weighted by Gasteiger charge is 2.31. The summed E-state index contributed by atoms with van der Waals surface area (Å²) in [5.41, 5.74) is -0.0430. The molecule has 0 aliphatic carbocycles. The molecule has 1 rings (SSSR count). The van der Waals surface area contributed by atoms with Crippen molar-refractivity contribution in [2.24, 2.45) is 0 Å². The molecule has 1 unspecified atom stereocenters. The molecule has 0 spiro atoms. The first-order valence-corrected chi connectivity index (χ1v) is 9.65. The maximum absolute atomic E-state index is 6.50. The lowest BCUT2D eigenvalue weighted by molar-refractivity contribution is 0.228. The van der Waals surface area contributed by atoms with E-state index < -0.39 is 0 Å². The molecule has 1 aromatic heterocycles. The SMILES string of the molecule is CCCCCCCC(C)(CCCC)n1nc(Br)c(OC)c1Cl. The van der Waals surface area contributed by atoms with Crippen molar-refractivity contribution in [3.8, 4) is 5.75 Å². The molecule has 0 aliphatic heterocycles. The third kappa shape index (κ3) is 5.16. The van der Waals surface area contributed by atoms with Gasteiger partial charge in [-0.1, -0.05) is 70.4 Å². The van der Waals surface area contributed by atoms with Crippen LogP contribution in [0.15, 0.2) is 4.60 Å². The molecule has 0 fully saturated rings. The van der Waals surface area contributed by atoms with Crippen molar-refractivity contribution in [1.29, 1.82) is 0 Å². The van der Waals surface area contributed by atoms with Crippen molar-refractivity contribution in [2.45, 2.75) is 84.1 Å². The van der Waals surface area contributed by atoms with Gasteiger partial charge in [0.05, 0.1) is 12.6 Å². The zero-order chi connectivity index (χ0) is 16.6. The fourth-order valence-electron chi connectivity index (χ4n) is 2.89. The maximum Gasteiger partial charge on any atom is 0.190 e. The van der Waals surface area contributed by atoms with E-state index in [1.807, 2.05) is 4.68 Å². The zero-order valence-electron chi connectivity index (χ0n) is 14.4. The third-order valence-corrected chi connectivity index (χ3v) is 5.20. The molecular formula is C17H30BrClN2O. The summed E-state index contributed by atoms with van der Waals surface area (Å²) in [5, 5.41) is 5.20. The van der Waals surface area contributed by atoms with Crippen LogP contribution in [-0.2, 0) is 5.54 Å². The predicted octanol–water partition coefficient (Wildman–Crippen LogP) is 6.57.